The number of nitrogens with zero attached hydrogens (tertiary/aromatic N) is 1. The summed E-state index contributed by atoms with van der Waals surface area (Å²) in [6, 6.07) is 23.7. The predicted molar refractivity (Wildman–Crippen MR) is 132 cm³/mol. The van der Waals surface area contributed by atoms with Crippen molar-refractivity contribution in [3.05, 3.63) is 78.4 Å². The van der Waals surface area contributed by atoms with Crippen LogP contribution in [0.25, 0.3) is 0 Å². The molecule has 3 rings (SSSR count). The summed E-state index contributed by atoms with van der Waals surface area (Å²) in [5.41, 5.74) is 3.65. The molecule has 32 heavy (non-hydrogen) atoms. The zero-order chi connectivity index (χ0) is 22.6. The number of hydrogen-bond donors (Lipinski definition) is 0. The molecule has 0 spiro atoms. The molecule has 0 radical (unpaired) electrons. The maximum atomic E-state index is 11.1. The second kappa shape index (κ2) is 12.6. The van der Waals surface area contributed by atoms with E-state index in [1.807, 2.05) is 60.7 Å². The van der Waals surface area contributed by atoms with Gasteiger partial charge in [-0.2, -0.15) is 0 Å². The Hall–Kier alpha value is -3.27. The molecule has 3 aromatic rings. The van der Waals surface area contributed by atoms with Gasteiger partial charge in [-0.3, -0.25) is 4.79 Å². The first-order valence-electron chi connectivity index (χ1n) is 11.5. The van der Waals surface area contributed by atoms with Crippen molar-refractivity contribution in [3.63, 3.8) is 0 Å². The first-order chi connectivity index (χ1) is 15.7. The van der Waals surface area contributed by atoms with Crippen LogP contribution in [-0.2, 0) is 0 Å². The molecule has 0 unspecified atom stereocenters. The van der Waals surface area contributed by atoms with E-state index in [4.69, 9.17) is 9.47 Å². The van der Waals surface area contributed by atoms with Crippen LogP contribution >= 0.6 is 0 Å². The van der Waals surface area contributed by atoms with E-state index in [2.05, 4.69) is 24.0 Å². The Bertz CT molecular complexity index is 934. The van der Waals surface area contributed by atoms with Gasteiger partial charge < -0.3 is 14.4 Å². The van der Waals surface area contributed by atoms with Gasteiger partial charge in [0.1, 0.15) is 17.8 Å². The van der Waals surface area contributed by atoms with Gasteiger partial charge in [0.2, 0.25) is 0 Å². The maximum absolute atomic E-state index is 11.1. The molecule has 0 fully saturated rings. The number of rotatable bonds is 13. The molecule has 0 amide bonds. The number of unbranched alkanes of at least 4 members (excludes halogenated alkanes) is 5. The van der Waals surface area contributed by atoms with Gasteiger partial charge in [-0.15, -0.1) is 0 Å². The van der Waals surface area contributed by atoms with Crippen molar-refractivity contribution in [2.45, 2.75) is 45.4 Å². The second-order valence-electron chi connectivity index (χ2n) is 7.85. The Morgan fingerprint density at radius 1 is 0.688 bits per heavy atom. The molecule has 0 aliphatic heterocycles. The zero-order valence-electron chi connectivity index (χ0n) is 19.1. The number of carbonyl (C=O) groups excluding carboxylic acids is 1. The van der Waals surface area contributed by atoms with Crippen molar-refractivity contribution in [3.8, 4) is 11.5 Å². The fourth-order valence-corrected chi connectivity index (χ4v) is 3.64. The van der Waals surface area contributed by atoms with E-state index in [0.29, 0.717) is 5.56 Å². The molecule has 0 aliphatic carbocycles. The quantitative estimate of drug-likeness (QED) is 0.205. The minimum atomic E-state index is 0.655. The van der Waals surface area contributed by atoms with Crippen molar-refractivity contribution in [1.29, 1.82) is 0 Å². The van der Waals surface area contributed by atoms with Crippen molar-refractivity contribution in [2.75, 3.05) is 18.6 Å². The average Bonchev–Trinajstić information content (AvgIpc) is 2.85. The zero-order valence-corrected chi connectivity index (χ0v) is 19.1. The fraction of sp³-hybridized carbons (Fsp3) is 0.321. The van der Waals surface area contributed by atoms with Crippen LogP contribution < -0.4 is 14.4 Å². The molecule has 4 nitrogen and oxygen atoms in total. The van der Waals surface area contributed by atoms with Gasteiger partial charge in [0, 0.05) is 22.6 Å². The number of benzene rings is 3. The summed E-state index contributed by atoms with van der Waals surface area (Å²) in [6.07, 6.45) is 8.38. The van der Waals surface area contributed by atoms with E-state index in [-0.39, 0.29) is 0 Å². The van der Waals surface area contributed by atoms with Crippen molar-refractivity contribution < 1.29 is 14.3 Å². The van der Waals surface area contributed by atoms with Gasteiger partial charge in [0.05, 0.1) is 13.7 Å². The van der Waals surface area contributed by atoms with Crippen LogP contribution in [0.3, 0.4) is 0 Å². The van der Waals surface area contributed by atoms with Gasteiger partial charge in [0.15, 0.2) is 0 Å². The van der Waals surface area contributed by atoms with Crippen LogP contribution in [0.2, 0.25) is 0 Å². The van der Waals surface area contributed by atoms with E-state index >= 15 is 0 Å². The third-order valence-electron chi connectivity index (χ3n) is 5.48. The molecule has 0 saturated heterocycles. The van der Waals surface area contributed by atoms with Gasteiger partial charge >= 0.3 is 0 Å². The number of aldehydes is 1. The normalized spacial score (nSPS) is 10.6. The van der Waals surface area contributed by atoms with Crippen LogP contribution in [0, 0.1) is 0 Å². The summed E-state index contributed by atoms with van der Waals surface area (Å²) in [5, 5.41) is 0. The summed E-state index contributed by atoms with van der Waals surface area (Å²) < 4.78 is 11.3. The standard InChI is InChI=1S/C28H33NO3/c1-3-4-5-6-7-8-21-32-28-19-15-26(16-20-28)29(24-11-9-23(22-30)10-12-24)25-13-17-27(31-2)18-14-25/h9-20,22H,3-8,21H2,1-2H3. The highest BCUT2D eigenvalue weighted by Crippen LogP contribution is 2.36. The monoisotopic (exact) mass is 431 g/mol. The van der Waals surface area contributed by atoms with Gasteiger partial charge in [-0.05, 0) is 79.2 Å². The lowest BCUT2D eigenvalue weighted by Crippen LogP contribution is -2.10. The summed E-state index contributed by atoms with van der Waals surface area (Å²) in [5.74, 6) is 1.69. The summed E-state index contributed by atoms with van der Waals surface area (Å²) in [4.78, 5) is 13.2. The summed E-state index contributed by atoms with van der Waals surface area (Å²) in [7, 11) is 1.66. The van der Waals surface area contributed by atoms with Gasteiger partial charge in [-0.1, -0.05) is 39.0 Å². The molecular weight excluding hydrogens is 398 g/mol. The minimum absolute atomic E-state index is 0.655. The average molecular weight is 432 g/mol. The van der Waals surface area contributed by atoms with Crippen LogP contribution in [0.5, 0.6) is 11.5 Å². The van der Waals surface area contributed by atoms with Crippen LogP contribution in [0.1, 0.15) is 55.8 Å². The van der Waals surface area contributed by atoms with Gasteiger partial charge in [0.25, 0.3) is 0 Å². The molecule has 3 aromatic carbocycles. The molecule has 0 heterocycles. The third kappa shape index (κ3) is 6.61. The topological polar surface area (TPSA) is 38.8 Å². The number of ether oxygens (including phenoxy) is 2. The smallest absolute Gasteiger partial charge is 0.150 e. The van der Waals surface area contributed by atoms with E-state index in [9.17, 15) is 4.79 Å². The minimum Gasteiger partial charge on any atom is -0.497 e. The Labute approximate surface area is 191 Å². The largest absolute Gasteiger partial charge is 0.497 e. The number of carbonyl (C=O) groups is 1. The molecular formula is C28H33NO3. The maximum Gasteiger partial charge on any atom is 0.150 e. The Kier molecular flexibility index (Phi) is 9.18. The highest BCUT2D eigenvalue weighted by atomic mass is 16.5. The van der Waals surface area contributed by atoms with Crippen LogP contribution in [0.4, 0.5) is 17.1 Å². The molecule has 0 atom stereocenters. The van der Waals surface area contributed by atoms with E-state index in [1.165, 1.54) is 32.1 Å². The molecule has 0 aromatic heterocycles. The van der Waals surface area contributed by atoms with Crippen molar-refractivity contribution >= 4 is 23.3 Å². The molecule has 0 bridgehead atoms. The highest BCUT2D eigenvalue weighted by molar-refractivity contribution is 5.80. The first-order valence-corrected chi connectivity index (χ1v) is 11.5. The molecule has 168 valence electrons. The lowest BCUT2D eigenvalue weighted by Gasteiger charge is -2.26. The summed E-state index contributed by atoms with van der Waals surface area (Å²) >= 11 is 0. The van der Waals surface area contributed by atoms with Crippen molar-refractivity contribution in [1.82, 2.24) is 0 Å². The number of anilines is 3. The molecule has 4 heteroatoms. The van der Waals surface area contributed by atoms with E-state index < -0.39 is 0 Å². The third-order valence-corrected chi connectivity index (χ3v) is 5.48. The lowest BCUT2D eigenvalue weighted by molar-refractivity contribution is 0.112. The summed E-state index contributed by atoms with van der Waals surface area (Å²) in [6.45, 7) is 2.99. The van der Waals surface area contributed by atoms with E-state index in [1.54, 1.807) is 7.11 Å². The Balaban J connectivity index is 1.72. The van der Waals surface area contributed by atoms with E-state index in [0.717, 1.165) is 47.9 Å². The predicted octanol–water partition coefficient (Wildman–Crippen LogP) is 7.72. The Morgan fingerprint density at radius 2 is 1.19 bits per heavy atom. The number of methoxy groups -OCH3 is 1. The molecule has 0 N–H and O–H groups in total. The lowest BCUT2D eigenvalue weighted by atomic mass is 10.1. The first kappa shape index (κ1) is 23.4. The van der Waals surface area contributed by atoms with Crippen molar-refractivity contribution in [2.24, 2.45) is 0 Å². The number of hydrogen-bond acceptors (Lipinski definition) is 4. The fourth-order valence-electron chi connectivity index (χ4n) is 3.64. The molecule has 0 saturated carbocycles. The SMILES string of the molecule is CCCCCCCCOc1ccc(N(c2ccc(C=O)cc2)c2ccc(OC)cc2)cc1. The van der Waals surface area contributed by atoms with Crippen LogP contribution in [0.15, 0.2) is 72.8 Å². The highest BCUT2D eigenvalue weighted by Gasteiger charge is 2.13. The Morgan fingerprint density at radius 3 is 1.72 bits per heavy atom. The molecule has 0 aliphatic rings. The van der Waals surface area contributed by atoms with Gasteiger partial charge in [-0.25, -0.2) is 0 Å². The second-order valence-corrected chi connectivity index (χ2v) is 7.85. The van der Waals surface area contributed by atoms with Crippen LogP contribution in [-0.4, -0.2) is 20.0 Å².